The molecule has 20 heavy (non-hydrogen) atoms. The number of hydrogen-bond acceptors (Lipinski definition) is 3. The van der Waals surface area contributed by atoms with E-state index in [1.807, 2.05) is 0 Å². The van der Waals surface area contributed by atoms with Crippen molar-refractivity contribution in [2.24, 2.45) is 5.14 Å². The molecule has 0 aliphatic heterocycles. The highest BCUT2D eigenvalue weighted by Gasteiger charge is 2.13. The topological polar surface area (TPSA) is 69.4 Å². The molecule has 0 aliphatic rings. The van der Waals surface area contributed by atoms with Crippen molar-refractivity contribution in [1.29, 1.82) is 0 Å². The van der Waals surface area contributed by atoms with Crippen LogP contribution in [0.5, 0.6) is 11.5 Å². The zero-order chi connectivity index (χ0) is 14.9. The summed E-state index contributed by atoms with van der Waals surface area (Å²) in [6.45, 7) is 1.59. The summed E-state index contributed by atoms with van der Waals surface area (Å²) in [4.78, 5) is 0.0149. The van der Waals surface area contributed by atoms with Crippen molar-refractivity contribution in [1.82, 2.24) is 0 Å². The second kappa shape index (κ2) is 5.51. The van der Waals surface area contributed by atoms with Crippen LogP contribution >= 0.6 is 15.9 Å². The first-order valence-corrected chi connectivity index (χ1v) is 7.87. The van der Waals surface area contributed by atoms with E-state index in [1.165, 1.54) is 30.3 Å². The molecule has 0 atom stereocenters. The van der Waals surface area contributed by atoms with Gasteiger partial charge in [-0.25, -0.2) is 17.9 Å². The summed E-state index contributed by atoms with van der Waals surface area (Å²) in [6.07, 6.45) is 0. The maximum Gasteiger partial charge on any atom is 0.238 e. The Morgan fingerprint density at radius 1 is 1.20 bits per heavy atom. The van der Waals surface area contributed by atoms with Crippen LogP contribution in [0.2, 0.25) is 0 Å². The summed E-state index contributed by atoms with van der Waals surface area (Å²) in [6, 6.07) is 8.64. The molecule has 0 saturated carbocycles. The maximum atomic E-state index is 13.6. The summed E-state index contributed by atoms with van der Waals surface area (Å²) < 4.78 is 42.2. The van der Waals surface area contributed by atoms with Crippen LogP contribution in [0.15, 0.2) is 45.8 Å². The van der Waals surface area contributed by atoms with Gasteiger partial charge >= 0.3 is 0 Å². The summed E-state index contributed by atoms with van der Waals surface area (Å²) in [5.41, 5.74) is 0.433. The number of nitrogens with two attached hydrogens (primary N) is 1. The van der Waals surface area contributed by atoms with Crippen molar-refractivity contribution in [3.05, 3.63) is 52.3 Å². The summed E-state index contributed by atoms with van der Waals surface area (Å²) in [7, 11) is -3.77. The molecule has 0 unspecified atom stereocenters. The molecule has 2 aromatic rings. The van der Waals surface area contributed by atoms with Gasteiger partial charge in [0.2, 0.25) is 10.0 Å². The number of halogens is 2. The minimum absolute atomic E-state index is 0.0149. The van der Waals surface area contributed by atoms with Gasteiger partial charge in [-0.1, -0.05) is 15.9 Å². The van der Waals surface area contributed by atoms with Gasteiger partial charge in [0, 0.05) is 4.47 Å². The van der Waals surface area contributed by atoms with Crippen LogP contribution in [0.1, 0.15) is 5.56 Å². The Hall–Kier alpha value is -1.44. The van der Waals surface area contributed by atoms with Crippen LogP contribution < -0.4 is 9.88 Å². The predicted molar refractivity (Wildman–Crippen MR) is 76.7 cm³/mol. The van der Waals surface area contributed by atoms with Crippen LogP contribution in [0.25, 0.3) is 0 Å². The van der Waals surface area contributed by atoms with Gasteiger partial charge in [-0.15, -0.1) is 0 Å². The summed E-state index contributed by atoms with van der Waals surface area (Å²) in [5.74, 6) is -0.139. The second-order valence-corrected chi connectivity index (χ2v) is 6.59. The second-order valence-electron chi connectivity index (χ2n) is 4.15. The van der Waals surface area contributed by atoms with Crippen LogP contribution in [0.4, 0.5) is 4.39 Å². The summed E-state index contributed by atoms with van der Waals surface area (Å²) >= 11 is 3.15. The Balaban J connectivity index is 2.34. The van der Waals surface area contributed by atoms with Crippen molar-refractivity contribution in [3.8, 4) is 11.5 Å². The molecule has 0 spiro atoms. The highest BCUT2D eigenvalue weighted by atomic mass is 79.9. The van der Waals surface area contributed by atoms with Crippen molar-refractivity contribution < 1.29 is 17.5 Å². The van der Waals surface area contributed by atoms with Gasteiger partial charge in [0.15, 0.2) is 11.6 Å². The molecular weight excluding hydrogens is 349 g/mol. The molecule has 2 rings (SSSR count). The van der Waals surface area contributed by atoms with Gasteiger partial charge < -0.3 is 4.74 Å². The Morgan fingerprint density at radius 2 is 1.90 bits per heavy atom. The average molecular weight is 360 g/mol. The first-order chi connectivity index (χ1) is 9.27. The third-order valence-corrected chi connectivity index (χ3v) is 4.14. The van der Waals surface area contributed by atoms with Crippen molar-refractivity contribution >= 4 is 26.0 Å². The number of benzene rings is 2. The lowest BCUT2D eigenvalue weighted by molar-refractivity contribution is 0.441. The van der Waals surface area contributed by atoms with Crippen molar-refractivity contribution in [2.45, 2.75) is 11.8 Å². The van der Waals surface area contributed by atoms with Gasteiger partial charge in [0.1, 0.15) is 5.75 Å². The lowest BCUT2D eigenvalue weighted by Gasteiger charge is -2.09. The predicted octanol–water partition coefficient (Wildman–Crippen LogP) is 3.34. The first-order valence-electron chi connectivity index (χ1n) is 5.54. The molecule has 4 nitrogen and oxygen atoms in total. The molecule has 0 heterocycles. The molecule has 7 heteroatoms. The Labute approximate surface area is 124 Å². The lowest BCUT2D eigenvalue weighted by Crippen LogP contribution is -2.13. The van der Waals surface area contributed by atoms with Gasteiger partial charge in [-0.2, -0.15) is 0 Å². The number of primary sulfonamides is 1. The maximum absolute atomic E-state index is 13.6. The number of rotatable bonds is 3. The minimum atomic E-state index is -3.77. The Morgan fingerprint density at radius 3 is 2.45 bits per heavy atom. The molecule has 2 aromatic carbocycles. The van der Waals surface area contributed by atoms with E-state index in [0.717, 1.165) is 0 Å². The van der Waals surface area contributed by atoms with Crippen LogP contribution in [-0.2, 0) is 10.0 Å². The molecule has 0 fully saturated rings. The highest BCUT2D eigenvalue weighted by molar-refractivity contribution is 9.10. The fourth-order valence-electron chi connectivity index (χ4n) is 1.69. The van der Waals surface area contributed by atoms with Gasteiger partial charge in [-0.05, 0) is 48.9 Å². The third kappa shape index (κ3) is 3.36. The van der Waals surface area contributed by atoms with E-state index >= 15 is 0 Å². The fraction of sp³-hybridized carbons (Fsp3) is 0.0769. The molecule has 0 amide bonds. The quantitative estimate of drug-likeness (QED) is 0.913. The fourth-order valence-corrected chi connectivity index (χ4v) is 2.79. The van der Waals surface area contributed by atoms with Crippen molar-refractivity contribution in [3.63, 3.8) is 0 Å². The smallest absolute Gasteiger partial charge is 0.238 e. The SMILES string of the molecule is Cc1cc(Oc2ccc(Br)cc2F)ccc1S(N)(=O)=O. The average Bonchev–Trinajstić information content (AvgIpc) is 2.31. The Kier molecular flexibility index (Phi) is 4.12. The summed E-state index contributed by atoms with van der Waals surface area (Å²) in [5, 5.41) is 5.07. The minimum Gasteiger partial charge on any atom is -0.454 e. The molecule has 0 bridgehead atoms. The first kappa shape index (κ1) is 15.0. The monoisotopic (exact) mass is 359 g/mol. The normalized spacial score (nSPS) is 11.4. The van der Waals surface area contributed by atoms with E-state index in [-0.39, 0.29) is 10.6 Å². The molecular formula is C13H11BrFNO3S. The van der Waals surface area contributed by atoms with E-state index in [9.17, 15) is 12.8 Å². The largest absolute Gasteiger partial charge is 0.454 e. The van der Waals surface area contributed by atoms with Gasteiger partial charge in [0.05, 0.1) is 4.90 Å². The lowest BCUT2D eigenvalue weighted by atomic mass is 10.2. The third-order valence-electron chi connectivity index (χ3n) is 2.57. The van der Waals surface area contributed by atoms with E-state index in [0.29, 0.717) is 15.8 Å². The zero-order valence-corrected chi connectivity index (χ0v) is 12.8. The molecule has 0 aliphatic carbocycles. The zero-order valence-electron chi connectivity index (χ0n) is 10.4. The van der Waals surface area contributed by atoms with E-state index in [4.69, 9.17) is 9.88 Å². The molecule has 0 aromatic heterocycles. The van der Waals surface area contributed by atoms with Gasteiger partial charge in [-0.3, -0.25) is 0 Å². The molecule has 0 radical (unpaired) electrons. The van der Waals surface area contributed by atoms with Crippen LogP contribution in [-0.4, -0.2) is 8.42 Å². The van der Waals surface area contributed by atoms with E-state index < -0.39 is 15.8 Å². The molecule has 106 valence electrons. The number of aryl methyl sites for hydroxylation is 1. The Bertz CT molecular complexity index is 762. The van der Waals surface area contributed by atoms with Crippen LogP contribution in [0, 0.1) is 12.7 Å². The standard InChI is InChI=1S/C13H11BrFNO3S/c1-8-6-10(3-5-13(8)20(16,17)18)19-12-4-2-9(14)7-11(12)15/h2-7H,1H3,(H2,16,17,18). The van der Waals surface area contributed by atoms with Gasteiger partial charge in [0.25, 0.3) is 0 Å². The highest BCUT2D eigenvalue weighted by Crippen LogP contribution is 2.28. The van der Waals surface area contributed by atoms with E-state index in [1.54, 1.807) is 13.0 Å². The molecule has 2 N–H and O–H groups in total. The number of hydrogen-bond donors (Lipinski definition) is 1. The number of ether oxygens (including phenoxy) is 1. The molecule has 0 saturated heterocycles. The van der Waals surface area contributed by atoms with Crippen molar-refractivity contribution in [2.75, 3.05) is 0 Å². The van der Waals surface area contributed by atoms with Crippen LogP contribution in [0.3, 0.4) is 0 Å². The van der Waals surface area contributed by atoms with E-state index in [2.05, 4.69) is 15.9 Å². The number of sulfonamides is 1.